The van der Waals surface area contributed by atoms with Gasteiger partial charge in [-0.3, -0.25) is 0 Å². The first kappa shape index (κ1) is 20.1. The van der Waals surface area contributed by atoms with Crippen LogP contribution in [0, 0.1) is 5.92 Å². The monoisotopic (exact) mass is 357 g/mol. The molecule has 142 valence electrons. The summed E-state index contributed by atoms with van der Waals surface area (Å²) in [6.07, 6.45) is 1.09. The highest BCUT2D eigenvalue weighted by atomic mass is 16.5. The van der Waals surface area contributed by atoms with Crippen molar-refractivity contribution in [3.8, 4) is 17.2 Å². The van der Waals surface area contributed by atoms with Gasteiger partial charge in [-0.05, 0) is 60.2 Å². The Hall–Kier alpha value is -2.20. The second kappa shape index (κ2) is 10.1. The zero-order valence-electron chi connectivity index (χ0n) is 16.5. The first-order chi connectivity index (χ1) is 12.6. The van der Waals surface area contributed by atoms with Crippen molar-refractivity contribution in [2.45, 2.75) is 32.7 Å². The van der Waals surface area contributed by atoms with Crippen molar-refractivity contribution in [1.82, 2.24) is 5.32 Å². The van der Waals surface area contributed by atoms with Gasteiger partial charge in [-0.1, -0.05) is 32.0 Å². The molecular formula is C22H31NO3. The van der Waals surface area contributed by atoms with E-state index >= 15 is 0 Å². The van der Waals surface area contributed by atoms with Crippen molar-refractivity contribution in [1.29, 1.82) is 0 Å². The highest BCUT2D eigenvalue weighted by molar-refractivity contribution is 5.42. The summed E-state index contributed by atoms with van der Waals surface area (Å²) in [4.78, 5) is 0. The van der Waals surface area contributed by atoms with Crippen LogP contribution in [0.2, 0.25) is 0 Å². The predicted octanol–water partition coefficient (Wildman–Crippen LogP) is 4.63. The van der Waals surface area contributed by atoms with Crippen LogP contribution >= 0.6 is 0 Å². The fourth-order valence-corrected chi connectivity index (χ4v) is 3.22. The lowest BCUT2D eigenvalue weighted by molar-refractivity contribution is 0.354. The van der Waals surface area contributed by atoms with E-state index in [1.807, 2.05) is 24.3 Å². The molecule has 2 aromatic rings. The maximum atomic E-state index is 5.37. The third kappa shape index (κ3) is 5.40. The van der Waals surface area contributed by atoms with E-state index < -0.39 is 0 Å². The fourth-order valence-electron chi connectivity index (χ4n) is 3.22. The van der Waals surface area contributed by atoms with E-state index in [1.165, 1.54) is 11.1 Å². The first-order valence-electron chi connectivity index (χ1n) is 9.14. The Bertz CT molecular complexity index is 668. The standard InChI is InChI=1S/C22H31NO3/c1-16(2)20(18-7-9-19(24-3)10-8-18)12-13-23-15-17-6-11-21(25-4)22(14-17)26-5/h6-11,14,16,20,23H,12-13,15H2,1-5H3/t20-/m0/s1. The zero-order valence-corrected chi connectivity index (χ0v) is 16.5. The third-order valence-electron chi connectivity index (χ3n) is 4.76. The van der Waals surface area contributed by atoms with Crippen molar-refractivity contribution in [2.24, 2.45) is 5.92 Å². The topological polar surface area (TPSA) is 39.7 Å². The minimum absolute atomic E-state index is 0.527. The number of hydrogen-bond donors (Lipinski definition) is 1. The molecule has 0 aromatic heterocycles. The van der Waals surface area contributed by atoms with Crippen molar-refractivity contribution in [3.63, 3.8) is 0 Å². The lowest BCUT2D eigenvalue weighted by Gasteiger charge is -2.22. The van der Waals surface area contributed by atoms with Crippen LogP contribution < -0.4 is 19.5 Å². The van der Waals surface area contributed by atoms with Gasteiger partial charge in [0, 0.05) is 6.54 Å². The van der Waals surface area contributed by atoms with Crippen LogP contribution in [0.5, 0.6) is 17.2 Å². The van der Waals surface area contributed by atoms with Crippen LogP contribution in [0.25, 0.3) is 0 Å². The van der Waals surface area contributed by atoms with Crippen LogP contribution in [0.15, 0.2) is 42.5 Å². The number of hydrogen-bond acceptors (Lipinski definition) is 4. The quantitative estimate of drug-likeness (QED) is 0.629. The summed E-state index contributed by atoms with van der Waals surface area (Å²) in [6.45, 7) is 6.34. The van der Waals surface area contributed by atoms with Crippen molar-refractivity contribution < 1.29 is 14.2 Å². The molecule has 0 aliphatic rings. The normalized spacial score (nSPS) is 12.1. The minimum Gasteiger partial charge on any atom is -0.497 e. The van der Waals surface area contributed by atoms with Gasteiger partial charge in [0.25, 0.3) is 0 Å². The summed E-state index contributed by atoms with van der Waals surface area (Å²) in [5.41, 5.74) is 2.56. The first-order valence-corrected chi connectivity index (χ1v) is 9.14. The Morgan fingerprint density at radius 3 is 2.12 bits per heavy atom. The highest BCUT2D eigenvalue weighted by Gasteiger charge is 2.15. The van der Waals surface area contributed by atoms with Gasteiger partial charge in [-0.2, -0.15) is 0 Å². The Labute approximate surface area is 157 Å². The average Bonchev–Trinajstić information content (AvgIpc) is 2.67. The molecule has 0 saturated carbocycles. The number of nitrogens with one attached hydrogen (secondary N) is 1. The van der Waals surface area contributed by atoms with Crippen molar-refractivity contribution in [2.75, 3.05) is 27.9 Å². The summed E-state index contributed by atoms with van der Waals surface area (Å²) < 4.78 is 15.9. The molecule has 0 aliphatic heterocycles. The minimum atomic E-state index is 0.527. The molecule has 2 rings (SSSR count). The van der Waals surface area contributed by atoms with Crippen LogP contribution in [0.3, 0.4) is 0 Å². The smallest absolute Gasteiger partial charge is 0.161 e. The Kier molecular flexibility index (Phi) is 7.79. The van der Waals surface area contributed by atoms with Crippen molar-refractivity contribution in [3.05, 3.63) is 53.6 Å². The van der Waals surface area contributed by atoms with E-state index in [0.717, 1.165) is 36.8 Å². The molecule has 0 bridgehead atoms. The molecule has 0 fully saturated rings. The van der Waals surface area contributed by atoms with Gasteiger partial charge >= 0.3 is 0 Å². The summed E-state index contributed by atoms with van der Waals surface area (Å²) >= 11 is 0. The number of rotatable bonds is 10. The molecule has 0 amide bonds. The highest BCUT2D eigenvalue weighted by Crippen LogP contribution is 2.29. The van der Waals surface area contributed by atoms with E-state index in [9.17, 15) is 0 Å². The maximum absolute atomic E-state index is 5.37. The van der Waals surface area contributed by atoms with E-state index in [1.54, 1.807) is 21.3 Å². The lowest BCUT2D eigenvalue weighted by atomic mass is 9.86. The summed E-state index contributed by atoms with van der Waals surface area (Å²) in [6, 6.07) is 14.5. The van der Waals surface area contributed by atoms with E-state index in [4.69, 9.17) is 14.2 Å². The predicted molar refractivity (Wildman–Crippen MR) is 106 cm³/mol. The van der Waals surface area contributed by atoms with E-state index in [0.29, 0.717) is 11.8 Å². The molecule has 0 radical (unpaired) electrons. The van der Waals surface area contributed by atoms with Gasteiger partial charge in [0.05, 0.1) is 21.3 Å². The van der Waals surface area contributed by atoms with Gasteiger partial charge < -0.3 is 19.5 Å². The molecule has 0 unspecified atom stereocenters. The zero-order chi connectivity index (χ0) is 18.9. The Morgan fingerprint density at radius 1 is 0.846 bits per heavy atom. The van der Waals surface area contributed by atoms with Gasteiger partial charge in [0.2, 0.25) is 0 Å². The Morgan fingerprint density at radius 2 is 1.54 bits per heavy atom. The van der Waals surface area contributed by atoms with Crippen LogP contribution in [-0.4, -0.2) is 27.9 Å². The summed E-state index contributed by atoms with van der Waals surface area (Å²) in [5, 5.41) is 3.55. The fraction of sp³-hybridized carbons (Fsp3) is 0.455. The second-order valence-electron chi connectivity index (χ2n) is 6.78. The molecular weight excluding hydrogens is 326 g/mol. The van der Waals surface area contributed by atoms with Crippen LogP contribution in [0.1, 0.15) is 37.3 Å². The second-order valence-corrected chi connectivity index (χ2v) is 6.78. The van der Waals surface area contributed by atoms with Gasteiger partial charge in [0.15, 0.2) is 11.5 Å². The largest absolute Gasteiger partial charge is 0.497 e. The molecule has 0 saturated heterocycles. The summed E-state index contributed by atoms with van der Waals surface area (Å²) in [5.74, 6) is 3.55. The molecule has 2 aromatic carbocycles. The Balaban J connectivity index is 1.89. The van der Waals surface area contributed by atoms with Crippen LogP contribution in [-0.2, 0) is 6.54 Å². The van der Waals surface area contributed by atoms with Gasteiger partial charge in [0.1, 0.15) is 5.75 Å². The average molecular weight is 357 g/mol. The summed E-state index contributed by atoms with van der Waals surface area (Å²) in [7, 11) is 5.02. The third-order valence-corrected chi connectivity index (χ3v) is 4.76. The maximum Gasteiger partial charge on any atom is 0.161 e. The molecule has 1 N–H and O–H groups in total. The SMILES string of the molecule is COc1ccc([C@@H](CCNCc2ccc(OC)c(OC)c2)C(C)C)cc1. The van der Waals surface area contributed by atoms with Crippen LogP contribution in [0.4, 0.5) is 0 Å². The van der Waals surface area contributed by atoms with E-state index in [2.05, 4.69) is 37.4 Å². The molecule has 4 nitrogen and oxygen atoms in total. The molecule has 0 aliphatic carbocycles. The molecule has 4 heteroatoms. The molecule has 0 heterocycles. The molecule has 26 heavy (non-hydrogen) atoms. The lowest BCUT2D eigenvalue weighted by Crippen LogP contribution is -2.19. The van der Waals surface area contributed by atoms with Gasteiger partial charge in [-0.25, -0.2) is 0 Å². The number of benzene rings is 2. The number of ether oxygens (including phenoxy) is 3. The van der Waals surface area contributed by atoms with Crippen molar-refractivity contribution >= 4 is 0 Å². The van der Waals surface area contributed by atoms with E-state index in [-0.39, 0.29) is 0 Å². The van der Waals surface area contributed by atoms with Gasteiger partial charge in [-0.15, -0.1) is 0 Å². The molecule has 1 atom stereocenters. The number of methoxy groups -OCH3 is 3. The molecule has 0 spiro atoms.